The number of aromatic nitrogens is 3. The van der Waals surface area contributed by atoms with Gasteiger partial charge in [0.1, 0.15) is 21.3 Å². The van der Waals surface area contributed by atoms with Crippen LogP contribution in [0.1, 0.15) is 0 Å². The zero-order valence-electron chi connectivity index (χ0n) is 12.8. The van der Waals surface area contributed by atoms with E-state index in [9.17, 15) is 0 Å². The highest BCUT2D eigenvalue weighted by atomic mass is 32.1. The van der Waals surface area contributed by atoms with Crippen molar-refractivity contribution in [2.24, 2.45) is 0 Å². The van der Waals surface area contributed by atoms with Crippen LogP contribution in [0.2, 0.25) is 0 Å². The number of hydrogen-bond acceptors (Lipinski definition) is 6. The lowest BCUT2D eigenvalue weighted by Crippen LogP contribution is -1.81. The van der Waals surface area contributed by atoms with Crippen molar-refractivity contribution in [1.82, 2.24) is 15.2 Å². The zero-order valence-corrected chi connectivity index (χ0v) is 14.5. The van der Waals surface area contributed by atoms with E-state index in [1.165, 1.54) is 11.3 Å². The molecule has 4 rings (SSSR count). The highest BCUT2D eigenvalue weighted by Crippen LogP contribution is 2.34. The minimum Gasteiger partial charge on any atom is -0.497 e. The molecule has 4 nitrogen and oxygen atoms in total. The molecule has 0 aliphatic carbocycles. The lowest BCUT2D eigenvalue weighted by molar-refractivity contribution is 0.415. The van der Waals surface area contributed by atoms with E-state index in [1.54, 1.807) is 24.0 Å². The molecule has 4 aromatic rings. The molecule has 0 saturated carbocycles. The van der Waals surface area contributed by atoms with E-state index in [0.29, 0.717) is 0 Å². The monoisotopic (exact) mass is 351 g/mol. The van der Waals surface area contributed by atoms with Gasteiger partial charge in [-0.25, -0.2) is 4.98 Å². The van der Waals surface area contributed by atoms with Crippen LogP contribution in [0, 0.1) is 0 Å². The molecule has 0 unspecified atom stereocenters. The molecule has 0 spiro atoms. The predicted molar refractivity (Wildman–Crippen MR) is 98.4 cm³/mol. The van der Waals surface area contributed by atoms with Gasteiger partial charge in [0, 0.05) is 17.3 Å². The SMILES string of the molecule is COc1ccc(-c2cnc(-c3cccc(-c4nncs4)c3)s2)cc1. The Hall–Kier alpha value is -2.57. The Kier molecular flexibility index (Phi) is 4.06. The largest absolute Gasteiger partial charge is 0.497 e. The molecule has 2 aromatic carbocycles. The third kappa shape index (κ3) is 2.93. The molecule has 118 valence electrons. The molecule has 0 aliphatic rings. The molecule has 2 aromatic heterocycles. The Morgan fingerprint density at radius 2 is 1.71 bits per heavy atom. The summed E-state index contributed by atoms with van der Waals surface area (Å²) in [6, 6.07) is 16.3. The van der Waals surface area contributed by atoms with E-state index >= 15 is 0 Å². The molecule has 0 amide bonds. The first-order chi connectivity index (χ1) is 11.8. The van der Waals surface area contributed by atoms with Crippen LogP contribution < -0.4 is 4.74 Å². The summed E-state index contributed by atoms with van der Waals surface area (Å²) in [7, 11) is 1.67. The van der Waals surface area contributed by atoms with E-state index in [2.05, 4.69) is 27.3 Å². The second-order valence-corrected chi connectivity index (χ2v) is 6.95. The van der Waals surface area contributed by atoms with Crippen molar-refractivity contribution in [1.29, 1.82) is 0 Å². The molecule has 0 saturated heterocycles. The maximum absolute atomic E-state index is 5.21. The van der Waals surface area contributed by atoms with Gasteiger partial charge in [-0.1, -0.05) is 29.5 Å². The summed E-state index contributed by atoms with van der Waals surface area (Å²) >= 11 is 3.21. The van der Waals surface area contributed by atoms with Crippen molar-refractivity contribution >= 4 is 22.7 Å². The zero-order chi connectivity index (χ0) is 16.4. The second-order valence-electron chi connectivity index (χ2n) is 5.08. The molecular formula is C18H13N3OS2. The topological polar surface area (TPSA) is 47.9 Å². The van der Waals surface area contributed by atoms with Gasteiger partial charge in [-0.3, -0.25) is 0 Å². The summed E-state index contributed by atoms with van der Waals surface area (Å²) in [5.41, 5.74) is 5.04. The maximum atomic E-state index is 5.21. The van der Waals surface area contributed by atoms with Gasteiger partial charge in [0.2, 0.25) is 0 Å². The summed E-state index contributed by atoms with van der Waals surface area (Å²) in [5, 5.41) is 9.95. The number of methoxy groups -OCH3 is 1. The van der Waals surface area contributed by atoms with E-state index in [0.717, 1.165) is 37.3 Å². The number of thiazole rings is 1. The quantitative estimate of drug-likeness (QED) is 0.519. The van der Waals surface area contributed by atoms with Crippen LogP contribution in [0.5, 0.6) is 5.75 Å². The molecule has 0 radical (unpaired) electrons. The number of rotatable bonds is 4. The molecular weight excluding hydrogens is 338 g/mol. The average molecular weight is 351 g/mol. The van der Waals surface area contributed by atoms with E-state index in [4.69, 9.17) is 4.74 Å². The summed E-state index contributed by atoms with van der Waals surface area (Å²) in [4.78, 5) is 5.72. The molecule has 6 heteroatoms. The first kappa shape index (κ1) is 15.0. The third-order valence-corrected chi connectivity index (χ3v) is 5.43. The van der Waals surface area contributed by atoms with Crippen LogP contribution in [-0.2, 0) is 0 Å². The van der Waals surface area contributed by atoms with E-state index in [-0.39, 0.29) is 0 Å². The fraction of sp³-hybridized carbons (Fsp3) is 0.0556. The first-order valence-electron chi connectivity index (χ1n) is 7.31. The smallest absolute Gasteiger partial charge is 0.147 e. The Morgan fingerprint density at radius 1 is 0.917 bits per heavy atom. The van der Waals surface area contributed by atoms with Crippen LogP contribution in [0.15, 0.2) is 60.2 Å². The molecule has 0 aliphatic heterocycles. The van der Waals surface area contributed by atoms with E-state index in [1.807, 2.05) is 42.6 Å². The Labute approximate surface area is 147 Å². The van der Waals surface area contributed by atoms with Crippen molar-refractivity contribution < 1.29 is 4.74 Å². The van der Waals surface area contributed by atoms with Crippen LogP contribution in [0.4, 0.5) is 0 Å². The Balaban J connectivity index is 1.66. The van der Waals surface area contributed by atoms with Crippen molar-refractivity contribution in [3.05, 3.63) is 60.2 Å². The Morgan fingerprint density at radius 3 is 2.42 bits per heavy atom. The van der Waals surface area contributed by atoms with Gasteiger partial charge in [-0.2, -0.15) is 0 Å². The van der Waals surface area contributed by atoms with Gasteiger partial charge < -0.3 is 4.74 Å². The second kappa shape index (κ2) is 6.51. The van der Waals surface area contributed by atoms with Crippen LogP contribution in [0.3, 0.4) is 0 Å². The molecule has 0 atom stereocenters. The minimum absolute atomic E-state index is 0.855. The van der Waals surface area contributed by atoms with Crippen LogP contribution >= 0.6 is 22.7 Å². The fourth-order valence-electron chi connectivity index (χ4n) is 2.38. The van der Waals surface area contributed by atoms with Gasteiger partial charge in [-0.05, 0) is 35.9 Å². The lowest BCUT2D eigenvalue weighted by atomic mass is 10.1. The molecule has 24 heavy (non-hydrogen) atoms. The van der Waals surface area contributed by atoms with Gasteiger partial charge in [0.05, 0.1) is 12.0 Å². The third-order valence-electron chi connectivity index (χ3n) is 3.60. The normalized spacial score (nSPS) is 10.7. The average Bonchev–Trinajstić information content (AvgIpc) is 3.34. The first-order valence-corrected chi connectivity index (χ1v) is 9.00. The lowest BCUT2D eigenvalue weighted by Gasteiger charge is -2.01. The molecule has 2 heterocycles. The van der Waals surface area contributed by atoms with Crippen molar-refractivity contribution in [2.75, 3.05) is 7.11 Å². The van der Waals surface area contributed by atoms with Crippen LogP contribution in [0.25, 0.3) is 31.6 Å². The van der Waals surface area contributed by atoms with Gasteiger partial charge in [-0.15, -0.1) is 21.5 Å². The summed E-state index contributed by atoms with van der Waals surface area (Å²) in [6.07, 6.45) is 1.92. The van der Waals surface area contributed by atoms with Crippen molar-refractivity contribution in [3.8, 4) is 37.3 Å². The number of hydrogen-bond donors (Lipinski definition) is 0. The number of nitrogens with zero attached hydrogens (tertiary/aromatic N) is 3. The van der Waals surface area contributed by atoms with E-state index < -0.39 is 0 Å². The van der Waals surface area contributed by atoms with Crippen LogP contribution in [-0.4, -0.2) is 22.3 Å². The summed E-state index contributed by atoms with van der Waals surface area (Å²) in [6.45, 7) is 0. The summed E-state index contributed by atoms with van der Waals surface area (Å²) in [5.74, 6) is 0.855. The number of ether oxygens (including phenoxy) is 1. The molecule has 0 fully saturated rings. The van der Waals surface area contributed by atoms with Gasteiger partial charge >= 0.3 is 0 Å². The predicted octanol–water partition coefficient (Wildman–Crippen LogP) is 5.00. The maximum Gasteiger partial charge on any atom is 0.147 e. The molecule has 0 N–H and O–H groups in total. The fourth-order valence-corrected chi connectivity index (χ4v) is 3.85. The van der Waals surface area contributed by atoms with Gasteiger partial charge in [0.15, 0.2) is 0 Å². The van der Waals surface area contributed by atoms with Crippen molar-refractivity contribution in [3.63, 3.8) is 0 Å². The molecule has 0 bridgehead atoms. The number of benzene rings is 2. The minimum atomic E-state index is 0.855. The standard InChI is InChI=1S/C18H13N3OS2/c1-22-15-7-5-12(6-8-15)16-10-19-17(24-16)13-3-2-4-14(9-13)18-21-20-11-23-18/h2-11H,1H3. The van der Waals surface area contributed by atoms with Crippen molar-refractivity contribution in [2.45, 2.75) is 0 Å². The highest BCUT2D eigenvalue weighted by Gasteiger charge is 2.09. The highest BCUT2D eigenvalue weighted by molar-refractivity contribution is 7.18. The Bertz CT molecular complexity index is 947. The van der Waals surface area contributed by atoms with Gasteiger partial charge in [0.25, 0.3) is 0 Å². The summed E-state index contributed by atoms with van der Waals surface area (Å²) < 4.78 is 5.21.